The first kappa shape index (κ1) is 22.6. The van der Waals surface area contributed by atoms with Gasteiger partial charge in [-0.25, -0.2) is 9.69 Å². The number of fused-ring (bicyclic) bond motifs is 1. The van der Waals surface area contributed by atoms with E-state index >= 15 is 0 Å². The molecule has 2 aliphatic rings. The quantitative estimate of drug-likeness (QED) is 0.558. The predicted molar refractivity (Wildman–Crippen MR) is 129 cm³/mol. The van der Waals surface area contributed by atoms with Crippen LogP contribution >= 0.6 is 0 Å². The molecule has 2 aliphatic heterocycles. The van der Waals surface area contributed by atoms with Gasteiger partial charge < -0.3 is 9.64 Å². The Bertz CT molecular complexity index is 1200. The molecule has 0 saturated carbocycles. The summed E-state index contributed by atoms with van der Waals surface area (Å²) >= 11 is 0. The minimum absolute atomic E-state index is 0.00889. The number of anilines is 2. The summed E-state index contributed by atoms with van der Waals surface area (Å²) in [7, 11) is 3.62. The Morgan fingerprint density at radius 1 is 1.12 bits per heavy atom. The maximum Gasteiger partial charge on any atom is 0.335 e. The van der Waals surface area contributed by atoms with Gasteiger partial charge in [0.15, 0.2) is 0 Å². The van der Waals surface area contributed by atoms with Gasteiger partial charge in [0.1, 0.15) is 11.3 Å². The molecule has 1 N–H and O–H groups in total. The highest BCUT2D eigenvalue weighted by Gasteiger charge is 2.38. The van der Waals surface area contributed by atoms with Gasteiger partial charge in [-0.2, -0.15) is 0 Å². The minimum Gasteiger partial charge on any atom is -0.496 e. The topological polar surface area (TPSA) is 79.0 Å². The van der Waals surface area contributed by atoms with Crippen LogP contribution in [0.15, 0.2) is 42.0 Å². The molecule has 7 nitrogen and oxygen atoms in total. The van der Waals surface area contributed by atoms with Gasteiger partial charge in [-0.15, -0.1) is 0 Å². The molecular formula is C26H29N3O4. The number of hydrogen-bond donors (Lipinski definition) is 1. The number of nitrogens with zero attached hydrogens (tertiary/aromatic N) is 2. The van der Waals surface area contributed by atoms with Gasteiger partial charge in [-0.3, -0.25) is 14.9 Å². The fourth-order valence-electron chi connectivity index (χ4n) is 4.75. The second-order valence-corrected chi connectivity index (χ2v) is 9.37. The number of hydrogen-bond acceptors (Lipinski definition) is 5. The average Bonchev–Trinajstić information content (AvgIpc) is 2.75. The summed E-state index contributed by atoms with van der Waals surface area (Å²) in [5.41, 5.74) is 3.87. The Labute approximate surface area is 194 Å². The van der Waals surface area contributed by atoms with Crippen LogP contribution in [-0.4, -0.2) is 37.5 Å². The number of rotatable bonds is 3. The van der Waals surface area contributed by atoms with E-state index < -0.39 is 17.8 Å². The average molecular weight is 448 g/mol. The molecule has 1 fully saturated rings. The largest absolute Gasteiger partial charge is 0.496 e. The van der Waals surface area contributed by atoms with E-state index in [2.05, 4.69) is 38.0 Å². The third kappa shape index (κ3) is 3.77. The summed E-state index contributed by atoms with van der Waals surface area (Å²) in [5, 5.41) is 2.29. The van der Waals surface area contributed by atoms with Gasteiger partial charge in [-0.1, -0.05) is 25.1 Å². The van der Waals surface area contributed by atoms with Crippen LogP contribution < -0.4 is 19.9 Å². The molecule has 0 aromatic heterocycles. The van der Waals surface area contributed by atoms with Crippen molar-refractivity contribution >= 4 is 35.3 Å². The zero-order valence-electron chi connectivity index (χ0n) is 19.9. The Morgan fingerprint density at radius 2 is 1.82 bits per heavy atom. The normalized spacial score (nSPS) is 21.2. The summed E-state index contributed by atoms with van der Waals surface area (Å²) in [5.74, 6) is -0.543. The van der Waals surface area contributed by atoms with Gasteiger partial charge >= 0.3 is 6.03 Å². The second-order valence-electron chi connectivity index (χ2n) is 9.37. The van der Waals surface area contributed by atoms with Crippen LogP contribution in [0.2, 0.25) is 0 Å². The highest BCUT2D eigenvalue weighted by molar-refractivity contribution is 6.39. The zero-order valence-corrected chi connectivity index (χ0v) is 19.9. The number of urea groups is 1. The second kappa shape index (κ2) is 8.06. The highest BCUT2D eigenvalue weighted by Crippen LogP contribution is 2.45. The molecule has 0 bridgehead atoms. The zero-order chi connectivity index (χ0) is 24.1. The summed E-state index contributed by atoms with van der Waals surface area (Å²) in [4.78, 5) is 41.8. The molecule has 33 heavy (non-hydrogen) atoms. The third-order valence-electron chi connectivity index (χ3n) is 6.74. The van der Waals surface area contributed by atoms with Crippen LogP contribution in [0.4, 0.5) is 16.2 Å². The molecule has 0 radical (unpaired) electrons. The van der Waals surface area contributed by atoms with Crippen LogP contribution in [0.25, 0.3) is 6.08 Å². The number of methoxy groups -OCH3 is 1. The van der Waals surface area contributed by atoms with Gasteiger partial charge in [0.25, 0.3) is 11.8 Å². The number of benzene rings is 2. The lowest BCUT2D eigenvalue weighted by Gasteiger charge is -2.45. The van der Waals surface area contributed by atoms with Gasteiger partial charge in [-0.05, 0) is 62.4 Å². The summed E-state index contributed by atoms with van der Waals surface area (Å²) < 4.78 is 5.63. The fraction of sp³-hybridized carbons (Fsp3) is 0.346. The maximum absolute atomic E-state index is 13.3. The lowest BCUT2D eigenvalue weighted by atomic mass is 9.79. The summed E-state index contributed by atoms with van der Waals surface area (Å²) in [6.07, 6.45) is 2.48. The maximum atomic E-state index is 13.3. The molecule has 4 rings (SSSR count). The Balaban J connectivity index is 1.82. The van der Waals surface area contributed by atoms with Crippen LogP contribution in [0.3, 0.4) is 0 Å². The molecule has 1 atom stereocenters. The predicted octanol–water partition coefficient (Wildman–Crippen LogP) is 4.39. The number of carbonyl (C=O) groups is 3. The number of imide groups is 2. The van der Waals surface area contributed by atoms with Crippen LogP contribution in [-0.2, 0) is 9.59 Å². The van der Waals surface area contributed by atoms with Crippen LogP contribution in [0.5, 0.6) is 5.75 Å². The Hall–Kier alpha value is -3.61. The van der Waals surface area contributed by atoms with Crippen molar-refractivity contribution < 1.29 is 19.1 Å². The van der Waals surface area contributed by atoms with E-state index in [1.54, 1.807) is 19.2 Å². The van der Waals surface area contributed by atoms with Gasteiger partial charge in [0, 0.05) is 29.9 Å². The number of aryl methyl sites for hydroxylation is 1. The van der Waals surface area contributed by atoms with E-state index in [4.69, 9.17) is 4.74 Å². The van der Waals surface area contributed by atoms with Crippen molar-refractivity contribution in [1.29, 1.82) is 0 Å². The van der Waals surface area contributed by atoms with E-state index in [0.717, 1.165) is 28.1 Å². The smallest absolute Gasteiger partial charge is 0.335 e. The van der Waals surface area contributed by atoms with Crippen molar-refractivity contribution in [3.05, 3.63) is 58.7 Å². The third-order valence-corrected chi connectivity index (χ3v) is 6.74. The molecule has 2 aromatic carbocycles. The first-order valence-electron chi connectivity index (χ1n) is 11.0. The first-order chi connectivity index (χ1) is 15.5. The number of nitrogens with one attached hydrogen (secondary N) is 1. The van der Waals surface area contributed by atoms with Crippen molar-refractivity contribution in [2.75, 3.05) is 24.0 Å². The molecule has 2 aromatic rings. The summed E-state index contributed by atoms with van der Waals surface area (Å²) in [6.45, 7) is 8.39. The van der Waals surface area contributed by atoms with Crippen molar-refractivity contribution in [2.24, 2.45) is 0 Å². The van der Waals surface area contributed by atoms with Crippen LogP contribution in [0.1, 0.15) is 49.8 Å². The molecule has 4 amide bonds. The lowest BCUT2D eigenvalue weighted by Crippen LogP contribution is -2.54. The minimum atomic E-state index is -0.758. The molecule has 7 heteroatoms. The number of ether oxygens (including phenoxy) is 1. The molecular weight excluding hydrogens is 418 g/mol. The SMILES string of the molecule is COc1cc2c(cc1/C=C1/C(=O)NC(=O)N(c3ccccc3C)C1=O)C(C)CC(C)(C)N2C. The van der Waals surface area contributed by atoms with Crippen molar-refractivity contribution in [3.63, 3.8) is 0 Å². The fourth-order valence-corrected chi connectivity index (χ4v) is 4.75. The monoisotopic (exact) mass is 447 g/mol. The Morgan fingerprint density at radius 3 is 2.48 bits per heavy atom. The van der Waals surface area contributed by atoms with Gasteiger partial charge in [0.05, 0.1) is 12.8 Å². The number of barbiturate groups is 1. The number of amides is 4. The molecule has 1 unspecified atom stereocenters. The van der Waals surface area contributed by atoms with Gasteiger partial charge in [0.2, 0.25) is 0 Å². The number of carbonyl (C=O) groups excluding carboxylic acids is 3. The molecule has 1 saturated heterocycles. The lowest BCUT2D eigenvalue weighted by molar-refractivity contribution is -0.122. The van der Waals surface area contributed by atoms with E-state index in [-0.39, 0.29) is 17.0 Å². The first-order valence-corrected chi connectivity index (χ1v) is 11.0. The van der Waals surface area contributed by atoms with E-state index in [1.807, 2.05) is 31.2 Å². The van der Waals surface area contributed by atoms with E-state index in [1.165, 1.54) is 6.08 Å². The van der Waals surface area contributed by atoms with E-state index in [9.17, 15) is 14.4 Å². The number of para-hydroxylation sites is 1. The molecule has 2 heterocycles. The Kier molecular flexibility index (Phi) is 5.52. The standard InChI is InChI=1S/C26H29N3O4/c1-15-9-7-8-10-20(15)29-24(31)19(23(30)27-25(29)32)12-17-11-18-16(2)14-26(3,4)28(5)21(18)13-22(17)33-6/h7-13,16H,14H2,1-6H3,(H,27,30,32)/b19-12-. The van der Waals surface area contributed by atoms with Crippen LogP contribution in [0, 0.1) is 6.92 Å². The summed E-state index contributed by atoms with van der Waals surface area (Å²) in [6, 6.07) is 10.2. The molecule has 0 spiro atoms. The molecule has 172 valence electrons. The van der Waals surface area contributed by atoms with Crippen molar-refractivity contribution in [2.45, 2.75) is 45.6 Å². The molecule has 0 aliphatic carbocycles. The van der Waals surface area contributed by atoms with Crippen molar-refractivity contribution in [1.82, 2.24) is 5.32 Å². The van der Waals surface area contributed by atoms with E-state index in [0.29, 0.717) is 17.0 Å². The van der Waals surface area contributed by atoms with Crippen molar-refractivity contribution in [3.8, 4) is 5.75 Å². The highest BCUT2D eigenvalue weighted by atomic mass is 16.5.